The smallest absolute Gasteiger partial charge is 0.330 e. The topological polar surface area (TPSA) is 52.0 Å². The summed E-state index contributed by atoms with van der Waals surface area (Å²) in [5.74, 6) is 0. The van der Waals surface area contributed by atoms with Gasteiger partial charge in [0.25, 0.3) is 0 Å². The molecule has 0 aliphatic carbocycles. The highest BCUT2D eigenvalue weighted by Crippen LogP contribution is 2.37. The third-order valence-corrected chi connectivity index (χ3v) is 3.01. The van der Waals surface area contributed by atoms with Gasteiger partial charge in [-0.3, -0.25) is 0 Å². The van der Waals surface area contributed by atoms with Crippen LogP contribution in [0.5, 0.6) is 0 Å². The zero-order valence-electron chi connectivity index (χ0n) is 11.5. The minimum Gasteiger partial charge on any atom is -0.330 e. The molecule has 0 aliphatic heterocycles. The maximum atomic E-state index is 12.7. The molecule has 0 unspecified atom stereocenters. The molecule has 1 aromatic rings. The number of hydrogen-bond donors (Lipinski definition) is 2. The summed E-state index contributed by atoms with van der Waals surface area (Å²) in [5.41, 5.74) is 8.10. The minimum absolute atomic E-state index is 0. The predicted molar refractivity (Wildman–Crippen MR) is 73.5 cm³/mol. The largest absolute Gasteiger partial charge is 0.416 e. The molecule has 0 saturated heterocycles. The molecule has 1 rings (SSSR count). The summed E-state index contributed by atoms with van der Waals surface area (Å²) in [6, 6.07) is 0.542. The normalized spacial score (nSPS) is 13.6. The Morgan fingerprint density at radius 3 is 1.68 bits per heavy atom. The van der Waals surface area contributed by atoms with Crippen molar-refractivity contribution >= 4 is 12.4 Å². The fourth-order valence-electron chi connectivity index (χ4n) is 1.87. The van der Waals surface area contributed by atoms with E-state index in [-0.39, 0.29) is 30.5 Å². The van der Waals surface area contributed by atoms with E-state index in [1.54, 1.807) is 0 Å². The van der Waals surface area contributed by atoms with Gasteiger partial charge in [0, 0.05) is 6.04 Å². The minimum atomic E-state index is -4.85. The van der Waals surface area contributed by atoms with Gasteiger partial charge in [0.05, 0.1) is 11.1 Å². The summed E-state index contributed by atoms with van der Waals surface area (Å²) in [5, 5.41) is 0. The quantitative estimate of drug-likeness (QED) is 0.615. The molecule has 128 valence electrons. The molecule has 2 nitrogen and oxygen atoms in total. The molecule has 1 atom stereocenters. The number of hydrogen-bond acceptors (Lipinski definition) is 2. The Balaban J connectivity index is 0.00000441. The van der Waals surface area contributed by atoms with Crippen molar-refractivity contribution in [3.8, 4) is 0 Å². The second-order valence-corrected chi connectivity index (χ2v) is 4.73. The van der Waals surface area contributed by atoms with Crippen molar-refractivity contribution < 1.29 is 26.3 Å². The predicted octanol–water partition coefficient (Wildman–Crippen LogP) is 4.27. The summed E-state index contributed by atoms with van der Waals surface area (Å²) in [6.45, 7) is 0.392. The first-order chi connectivity index (χ1) is 9.55. The number of unbranched alkanes of at least 4 members (excludes halogenated alkanes) is 1. The van der Waals surface area contributed by atoms with E-state index in [4.69, 9.17) is 11.5 Å². The van der Waals surface area contributed by atoms with E-state index in [0.29, 0.717) is 31.5 Å². The Kier molecular flexibility index (Phi) is 7.67. The van der Waals surface area contributed by atoms with Crippen molar-refractivity contribution in [2.45, 2.75) is 37.7 Å². The maximum Gasteiger partial charge on any atom is 0.416 e. The number of halogens is 7. The first-order valence-electron chi connectivity index (χ1n) is 6.30. The van der Waals surface area contributed by atoms with Gasteiger partial charge in [-0.2, -0.15) is 26.3 Å². The molecular formula is C13H17ClF6N2. The van der Waals surface area contributed by atoms with Crippen LogP contribution in [-0.4, -0.2) is 6.54 Å². The number of benzene rings is 1. The Morgan fingerprint density at radius 2 is 1.32 bits per heavy atom. The average Bonchev–Trinajstić information content (AvgIpc) is 2.36. The van der Waals surface area contributed by atoms with Crippen molar-refractivity contribution in [3.63, 3.8) is 0 Å². The fourth-order valence-corrected chi connectivity index (χ4v) is 1.87. The van der Waals surface area contributed by atoms with Gasteiger partial charge in [0.15, 0.2) is 0 Å². The molecule has 22 heavy (non-hydrogen) atoms. The molecule has 0 bridgehead atoms. The Labute approximate surface area is 130 Å². The zero-order valence-corrected chi connectivity index (χ0v) is 12.3. The van der Waals surface area contributed by atoms with Crippen LogP contribution in [0.1, 0.15) is 42.0 Å². The molecule has 4 N–H and O–H groups in total. The summed E-state index contributed by atoms with van der Waals surface area (Å²) >= 11 is 0. The van der Waals surface area contributed by atoms with Gasteiger partial charge < -0.3 is 11.5 Å². The van der Waals surface area contributed by atoms with E-state index in [1.807, 2.05) is 0 Å². The lowest BCUT2D eigenvalue weighted by Crippen LogP contribution is -2.16. The highest BCUT2D eigenvalue weighted by atomic mass is 35.5. The van der Waals surface area contributed by atoms with Crippen molar-refractivity contribution in [2.75, 3.05) is 6.54 Å². The van der Waals surface area contributed by atoms with Gasteiger partial charge in [-0.15, -0.1) is 12.4 Å². The van der Waals surface area contributed by atoms with Crippen LogP contribution in [0.2, 0.25) is 0 Å². The van der Waals surface area contributed by atoms with E-state index in [1.165, 1.54) is 0 Å². The Bertz CT molecular complexity index is 440. The van der Waals surface area contributed by atoms with Gasteiger partial charge >= 0.3 is 12.4 Å². The first-order valence-corrected chi connectivity index (χ1v) is 6.30. The van der Waals surface area contributed by atoms with Crippen molar-refractivity contribution in [2.24, 2.45) is 11.5 Å². The molecule has 0 saturated carbocycles. The molecule has 9 heteroatoms. The number of alkyl halides is 6. The molecule has 0 aliphatic rings. The molecule has 0 spiro atoms. The average molecular weight is 351 g/mol. The molecule has 0 radical (unpaired) electrons. The monoisotopic (exact) mass is 350 g/mol. The second-order valence-electron chi connectivity index (χ2n) is 4.73. The van der Waals surface area contributed by atoms with Crippen molar-refractivity contribution in [3.05, 3.63) is 34.9 Å². The molecule has 0 aromatic heterocycles. The van der Waals surface area contributed by atoms with Crippen LogP contribution in [0.3, 0.4) is 0 Å². The van der Waals surface area contributed by atoms with E-state index < -0.39 is 29.5 Å². The van der Waals surface area contributed by atoms with Crippen LogP contribution in [0.25, 0.3) is 0 Å². The summed E-state index contributed by atoms with van der Waals surface area (Å²) in [6.07, 6.45) is -8.29. The highest BCUT2D eigenvalue weighted by molar-refractivity contribution is 5.85. The number of nitrogens with two attached hydrogens (primary N) is 2. The molecular weight excluding hydrogens is 334 g/mol. The van der Waals surface area contributed by atoms with Crippen LogP contribution in [0, 0.1) is 0 Å². The van der Waals surface area contributed by atoms with E-state index >= 15 is 0 Å². The summed E-state index contributed by atoms with van der Waals surface area (Å²) in [7, 11) is 0. The lowest BCUT2D eigenvalue weighted by molar-refractivity contribution is -0.143. The summed E-state index contributed by atoms with van der Waals surface area (Å²) in [4.78, 5) is 0. The third-order valence-electron chi connectivity index (χ3n) is 3.01. The van der Waals surface area contributed by atoms with E-state index in [0.717, 1.165) is 0 Å². The third kappa shape index (κ3) is 6.02. The first kappa shape index (κ1) is 21.0. The molecule has 0 amide bonds. The van der Waals surface area contributed by atoms with Gasteiger partial charge in [0.1, 0.15) is 0 Å². The second kappa shape index (κ2) is 8.03. The van der Waals surface area contributed by atoms with Crippen LogP contribution in [0.4, 0.5) is 26.3 Å². The highest BCUT2D eigenvalue weighted by Gasteiger charge is 2.37. The van der Waals surface area contributed by atoms with Gasteiger partial charge in [-0.1, -0.05) is 6.42 Å². The van der Waals surface area contributed by atoms with Crippen LogP contribution in [-0.2, 0) is 12.4 Å². The SMILES string of the molecule is Cl.NCCCC[C@H](N)c1cc(C(F)(F)F)cc(C(F)(F)F)c1. The molecule has 0 heterocycles. The van der Waals surface area contributed by atoms with Gasteiger partial charge in [-0.05, 0) is 43.1 Å². The molecule has 0 fully saturated rings. The fraction of sp³-hybridized carbons (Fsp3) is 0.538. The van der Waals surface area contributed by atoms with Crippen molar-refractivity contribution in [1.29, 1.82) is 0 Å². The lowest BCUT2D eigenvalue weighted by Gasteiger charge is -2.18. The standard InChI is InChI=1S/C13H16F6N2.ClH/c14-12(15,16)9-5-8(11(21)3-1-2-4-20)6-10(7-9)13(17,18)19;/h5-7,11H,1-4,20-21H2;1H/t11-;/m0./s1. The molecule has 1 aromatic carbocycles. The van der Waals surface area contributed by atoms with Crippen LogP contribution in [0.15, 0.2) is 18.2 Å². The summed E-state index contributed by atoms with van der Waals surface area (Å²) < 4.78 is 76.1. The van der Waals surface area contributed by atoms with Gasteiger partial charge in [-0.25, -0.2) is 0 Å². The van der Waals surface area contributed by atoms with E-state index in [9.17, 15) is 26.3 Å². The van der Waals surface area contributed by atoms with Gasteiger partial charge in [0.2, 0.25) is 0 Å². The Hall–Kier alpha value is -0.990. The van der Waals surface area contributed by atoms with Crippen LogP contribution >= 0.6 is 12.4 Å². The maximum absolute atomic E-state index is 12.7. The zero-order chi connectivity index (χ0) is 16.3. The number of rotatable bonds is 5. The van der Waals surface area contributed by atoms with Crippen LogP contribution < -0.4 is 11.5 Å². The van der Waals surface area contributed by atoms with Crippen molar-refractivity contribution in [1.82, 2.24) is 0 Å². The Morgan fingerprint density at radius 1 is 0.864 bits per heavy atom. The lowest BCUT2D eigenvalue weighted by atomic mass is 9.97. The van der Waals surface area contributed by atoms with E-state index in [2.05, 4.69) is 0 Å².